The van der Waals surface area contributed by atoms with Crippen LogP contribution in [0.5, 0.6) is 0 Å². The molecule has 1 aromatic carbocycles. The number of carbonyl (C=O) groups excluding carboxylic acids is 1. The highest BCUT2D eigenvalue weighted by atomic mass is 32.2. The fraction of sp³-hybridized carbons (Fsp3) is 0.353. The summed E-state index contributed by atoms with van der Waals surface area (Å²) in [6, 6.07) is 9.46. The van der Waals surface area contributed by atoms with E-state index in [1.165, 1.54) is 11.8 Å². The van der Waals surface area contributed by atoms with Crippen molar-refractivity contribution in [1.82, 2.24) is 4.98 Å². The Labute approximate surface area is 144 Å². The average Bonchev–Trinajstić information content (AvgIpc) is 2.86. The highest BCUT2D eigenvalue weighted by molar-refractivity contribution is 7.99. The maximum atomic E-state index is 11.9. The van der Waals surface area contributed by atoms with E-state index in [-0.39, 0.29) is 12.1 Å². The van der Waals surface area contributed by atoms with E-state index in [0.717, 1.165) is 21.1 Å². The molecule has 120 valence electrons. The number of aromatic nitrogens is 1. The smallest absolute Gasteiger partial charge is 0.316 e. The quantitative estimate of drug-likeness (QED) is 0.735. The van der Waals surface area contributed by atoms with Crippen LogP contribution in [0.25, 0.3) is 0 Å². The van der Waals surface area contributed by atoms with E-state index >= 15 is 0 Å². The Kier molecular flexibility index (Phi) is 6.20. The van der Waals surface area contributed by atoms with Crippen molar-refractivity contribution in [3.05, 3.63) is 51.0 Å². The maximum Gasteiger partial charge on any atom is 0.316 e. The fourth-order valence-corrected chi connectivity index (χ4v) is 3.81. The van der Waals surface area contributed by atoms with Gasteiger partial charge >= 0.3 is 5.97 Å². The molecule has 1 aromatic heterocycles. The first-order valence-corrected chi connectivity index (χ1v) is 9.17. The van der Waals surface area contributed by atoms with Gasteiger partial charge in [0, 0.05) is 5.75 Å². The Bertz CT molecular complexity index is 717. The molecule has 0 spiro atoms. The molecule has 0 radical (unpaired) electrons. The third kappa shape index (κ3) is 5.08. The summed E-state index contributed by atoms with van der Waals surface area (Å²) in [5.74, 6) is 0.802. The molecule has 2 rings (SSSR count). The lowest BCUT2D eigenvalue weighted by Crippen LogP contribution is -2.11. The van der Waals surface area contributed by atoms with Crippen LogP contribution in [0.4, 0.5) is 0 Å². The summed E-state index contributed by atoms with van der Waals surface area (Å²) >= 11 is 3.07. The summed E-state index contributed by atoms with van der Waals surface area (Å²) in [4.78, 5) is 17.3. The first-order valence-electron chi connectivity index (χ1n) is 7.19. The Hall–Kier alpha value is -1.84. The zero-order chi connectivity index (χ0) is 16.8. The van der Waals surface area contributed by atoms with E-state index in [2.05, 4.69) is 11.1 Å². The predicted molar refractivity (Wildman–Crippen MR) is 93.4 cm³/mol. The van der Waals surface area contributed by atoms with E-state index in [4.69, 9.17) is 10.00 Å². The van der Waals surface area contributed by atoms with Gasteiger partial charge in [-0.1, -0.05) is 12.1 Å². The molecule has 0 aliphatic carbocycles. The molecular weight excluding hydrogens is 328 g/mol. The van der Waals surface area contributed by atoms with Crippen molar-refractivity contribution in [2.24, 2.45) is 0 Å². The number of nitriles is 1. The number of hydrogen-bond donors (Lipinski definition) is 0. The molecule has 0 amide bonds. The Morgan fingerprint density at radius 3 is 2.65 bits per heavy atom. The van der Waals surface area contributed by atoms with Gasteiger partial charge in [-0.15, -0.1) is 23.1 Å². The molecule has 0 bridgehead atoms. The summed E-state index contributed by atoms with van der Waals surface area (Å²) in [6.45, 7) is 5.76. The van der Waals surface area contributed by atoms with Crippen molar-refractivity contribution < 1.29 is 9.53 Å². The summed E-state index contributed by atoms with van der Waals surface area (Å²) < 4.78 is 5.47. The van der Waals surface area contributed by atoms with Gasteiger partial charge in [0.2, 0.25) is 0 Å². The molecular formula is C17H18N2O2S2. The minimum Gasteiger partial charge on any atom is -0.456 e. The Balaban J connectivity index is 1.78. The second-order valence-electron chi connectivity index (χ2n) is 5.12. The monoisotopic (exact) mass is 346 g/mol. The Morgan fingerprint density at radius 2 is 2.09 bits per heavy atom. The SMILES string of the molecule is Cc1nc(C)c(C(C)OC(=O)CSCc2ccc(C#N)cc2)s1. The second-order valence-corrected chi connectivity index (χ2v) is 7.34. The third-order valence-corrected chi connectivity index (χ3v) is 5.40. The third-order valence-electron chi connectivity index (χ3n) is 3.19. The van der Waals surface area contributed by atoms with Gasteiger partial charge in [-0.25, -0.2) is 4.98 Å². The number of aryl methyl sites for hydroxylation is 2. The molecule has 0 fully saturated rings. The fourth-order valence-electron chi connectivity index (χ4n) is 2.14. The van der Waals surface area contributed by atoms with E-state index in [1.54, 1.807) is 23.5 Å². The lowest BCUT2D eigenvalue weighted by molar-refractivity contribution is -0.145. The molecule has 6 heteroatoms. The van der Waals surface area contributed by atoms with Gasteiger partial charge in [-0.2, -0.15) is 5.26 Å². The standard InChI is InChI=1S/C17H18N2O2S2/c1-11-17(23-13(3)19-11)12(2)21-16(20)10-22-9-15-6-4-14(8-18)5-7-15/h4-7,12H,9-10H2,1-3H3. The van der Waals surface area contributed by atoms with Crippen molar-refractivity contribution in [1.29, 1.82) is 5.26 Å². The molecule has 4 nitrogen and oxygen atoms in total. The van der Waals surface area contributed by atoms with Crippen LogP contribution in [0, 0.1) is 25.2 Å². The van der Waals surface area contributed by atoms with Crippen LogP contribution >= 0.6 is 23.1 Å². The van der Waals surface area contributed by atoms with Crippen molar-refractivity contribution in [2.45, 2.75) is 32.6 Å². The molecule has 0 aliphatic rings. The molecule has 0 N–H and O–H groups in total. The number of thioether (sulfide) groups is 1. The van der Waals surface area contributed by atoms with Crippen LogP contribution in [0.15, 0.2) is 24.3 Å². The molecule has 1 atom stereocenters. The molecule has 1 unspecified atom stereocenters. The molecule has 0 saturated heterocycles. The van der Waals surface area contributed by atoms with E-state index in [0.29, 0.717) is 17.1 Å². The van der Waals surface area contributed by atoms with Crippen molar-refractivity contribution in [3.8, 4) is 6.07 Å². The largest absolute Gasteiger partial charge is 0.456 e. The van der Waals surface area contributed by atoms with Gasteiger partial charge < -0.3 is 4.74 Å². The molecule has 23 heavy (non-hydrogen) atoms. The minimum atomic E-state index is -0.260. The van der Waals surface area contributed by atoms with Crippen LogP contribution in [-0.4, -0.2) is 16.7 Å². The van der Waals surface area contributed by atoms with Gasteiger partial charge in [0.25, 0.3) is 0 Å². The van der Waals surface area contributed by atoms with Crippen molar-refractivity contribution in [3.63, 3.8) is 0 Å². The molecule has 0 saturated carbocycles. The number of hydrogen-bond acceptors (Lipinski definition) is 6. The Morgan fingerprint density at radius 1 is 1.39 bits per heavy atom. The first kappa shape index (κ1) is 17.5. The summed E-state index contributed by atoms with van der Waals surface area (Å²) in [5, 5.41) is 9.74. The number of nitrogens with zero attached hydrogens (tertiary/aromatic N) is 2. The minimum absolute atomic E-state index is 0.221. The maximum absolute atomic E-state index is 11.9. The number of thiazole rings is 1. The van der Waals surface area contributed by atoms with Gasteiger partial charge in [0.05, 0.1) is 33.0 Å². The predicted octanol–water partition coefficient (Wildman–Crippen LogP) is 4.17. The van der Waals surface area contributed by atoms with Gasteiger partial charge in [-0.3, -0.25) is 4.79 Å². The lowest BCUT2D eigenvalue weighted by Gasteiger charge is -2.12. The zero-order valence-corrected chi connectivity index (χ0v) is 15.0. The van der Waals surface area contributed by atoms with Crippen LogP contribution < -0.4 is 0 Å². The highest BCUT2D eigenvalue weighted by Gasteiger charge is 2.17. The average molecular weight is 346 g/mol. The highest BCUT2D eigenvalue weighted by Crippen LogP contribution is 2.27. The van der Waals surface area contributed by atoms with Gasteiger partial charge in [-0.05, 0) is 38.5 Å². The van der Waals surface area contributed by atoms with Crippen LogP contribution in [0.1, 0.15) is 39.7 Å². The van der Waals surface area contributed by atoms with E-state index in [9.17, 15) is 4.79 Å². The summed E-state index contributed by atoms with van der Waals surface area (Å²) in [5.41, 5.74) is 2.66. The summed E-state index contributed by atoms with van der Waals surface area (Å²) in [7, 11) is 0. The topological polar surface area (TPSA) is 63.0 Å². The number of carbonyl (C=O) groups is 1. The van der Waals surface area contributed by atoms with Crippen LogP contribution in [0.3, 0.4) is 0 Å². The van der Waals surface area contributed by atoms with Gasteiger partial charge in [0.15, 0.2) is 0 Å². The number of ether oxygens (including phenoxy) is 1. The number of benzene rings is 1. The normalized spacial score (nSPS) is 11.7. The lowest BCUT2D eigenvalue weighted by atomic mass is 10.2. The number of rotatable bonds is 6. The van der Waals surface area contributed by atoms with Crippen LogP contribution in [0.2, 0.25) is 0 Å². The zero-order valence-electron chi connectivity index (χ0n) is 13.3. The molecule has 0 aliphatic heterocycles. The van der Waals surface area contributed by atoms with E-state index < -0.39 is 0 Å². The summed E-state index contributed by atoms with van der Waals surface area (Å²) in [6.07, 6.45) is -0.260. The van der Waals surface area contributed by atoms with Gasteiger partial charge in [0.1, 0.15) is 6.10 Å². The molecule has 1 heterocycles. The van der Waals surface area contributed by atoms with Crippen LogP contribution in [-0.2, 0) is 15.3 Å². The van der Waals surface area contributed by atoms with E-state index in [1.807, 2.05) is 32.9 Å². The first-order chi connectivity index (χ1) is 11.0. The van der Waals surface area contributed by atoms with Crippen molar-refractivity contribution in [2.75, 3.05) is 5.75 Å². The van der Waals surface area contributed by atoms with Crippen molar-refractivity contribution >= 4 is 29.1 Å². The molecule has 2 aromatic rings. The number of esters is 1. The second kappa shape index (κ2) is 8.14.